The van der Waals surface area contributed by atoms with E-state index in [1.165, 1.54) is 30.4 Å². The summed E-state index contributed by atoms with van der Waals surface area (Å²) >= 11 is 0. The van der Waals surface area contributed by atoms with E-state index in [1.807, 2.05) is 24.3 Å². The van der Waals surface area contributed by atoms with E-state index in [2.05, 4.69) is 16.4 Å². The first-order valence-corrected chi connectivity index (χ1v) is 9.63. The molecular formula is C23H22N2O3. The number of Topliss-reactive ketones (excluding diaryl/α,β-unsaturated/α-hetero) is 1. The molecule has 0 unspecified atom stereocenters. The third-order valence-electron chi connectivity index (χ3n) is 5.14. The highest BCUT2D eigenvalue weighted by atomic mass is 16.3. The molecule has 3 aromatic rings. The van der Waals surface area contributed by atoms with E-state index in [0.29, 0.717) is 17.0 Å². The fourth-order valence-electron chi connectivity index (χ4n) is 3.58. The number of rotatable bonds is 6. The summed E-state index contributed by atoms with van der Waals surface area (Å²) < 4.78 is 5.25. The molecular weight excluding hydrogens is 352 g/mol. The van der Waals surface area contributed by atoms with E-state index in [1.54, 1.807) is 18.3 Å². The van der Waals surface area contributed by atoms with Crippen molar-refractivity contribution in [3.8, 4) is 11.3 Å². The molecule has 142 valence electrons. The second-order valence-electron chi connectivity index (χ2n) is 7.10. The van der Waals surface area contributed by atoms with Crippen LogP contribution in [-0.2, 0) is 17.6 Å². The molecule has 28 heavy (non-hydrogen) atoms. The maximum atomic E-state index is 12.5. The molecule has 2 aromatic carbocycles. The van der Waals surface area contributed by atoms with Crippen molar-refractivity contribution in [1.29, 1.82) is 0 Å². The highest BCUT2D eigenvalue weighted by Gasteiger charge is 2.14. The molecule has 0 spiro atoms. The SMILES string of the molecule is O=C(CCC(=O)c1ccc2c(c1)CCCC2)Nc1ccc(-c2cnco2)cc1. The van der Waals surface area contributed by atoms with Gasteiger partial charge in [0, 0.05) is 29.7 Å². The van der Waals surface area contributed by atoms with Crippen molar-refractivity contribution in [2.45, 2.75) is 38.5 Å². The summed E-state index contributed by atoms with van der Waals surface area (Å²) in [6.07, 6.45) is 7.94. The van der Waals surface area contributed by atoms with Crippen molar-refractivity contribution in [2.24, 2.45) is 0 Å². The topological polar surface area (TPSA) is 72.2 Å². The van der Waals surface area contributed by atoms with Crippen molar-refractivity contribution in [3.63, 3.8) is 0 Å². The summed E-state index contributed by atoms with van der Waals surface area (Å²) in [5.41, 5.74) is 4.93. The lowest BCUT2D eigenvalue weighted by Crippen LogP contribution is -2.14. The number of aromatic nitrogens is 1. The van der Waals surface area contributed by atoms with Gasteiger partial charge in [-0.2, -0.15) is 0 Å². The Kier molecular flexibility index (Phi) is 5.33. The molecule has 0 bridgehead atoms. The normalized spacial score (nSPS) is 13.0. The Morgan fingerprint density at radius 1 is 0.964 bits per heavy atom. The van der Waals surface area contributed by atoms with Crippen molar-refractivity contribution in [2.75, 3.05) is 5.32 Å². The lowest BCUT2D eigenvalue weighted by Gasteiger charge is -2.16. The average molecular weight is 374 g/mol. The molecule has 1 aromatic heterocycles. The van der Waals surface area contributed by atoms with Gasteiger partial charge in [0.25, 0.3) is 0 Å². The first kappa shape index (κ1) is 18.2. The fourth-order valence-corrected chi connectivity index (χ4v) is 3.58. The van der Waals surface area contributed by atoms with Crippen LogP contribution in [0.1, 0.15) is 47.2 Å². The lowest BCUT2D eigenvalue weighted by molar-refractivity contribution is -0.116. The van der Waals surface area contributed by atoms with E-state index in [4.69, 9.17) is 4.42 Å². The van der Waals surface area contributed by atoms with E-state index in [9.17, 15) is 9.59 Å². The van der Waals surface area contributed by atoms with Gasteiger partial charge in [0.15, 0.2) is 17.9 Å². The minimum Gasteiger partial charge on any atom is -0.444 e. The van der Waals surface area contributed by atoms with Crippen molar-refractivity contribution < 1.29 is 14.0 Å². The number of carbonyl (C=O) groups excluding carboxylic acids is 2. The molecule has 0 aliphatic heterocycles. The highest BCUT2D eigenvalue weighted by Crippen LogP contribution is 2.23. The maximum absolute atomic E-state index is 12.5. The van der Waals surface area contributed by atoms with Crippen molar-refractivity contribution >= 4 is 17.4 Å². The van der Waals surface area contributed by atoms with Gasteiger partial charge < -0.3 is 9.73 Å². The molecule has 1 aliphatic carbocycles. The standard InChI is InChI=1S/C23H22N2O3/c26-21(19-6-5-16-3-1-2-4-18(16)13-19)11-12-23(27)25-20-9-7-17(8-10-20)22-14-24-15-28-22/h5-10,13-15H,1-4,11-12H2,(H,25,27). The summed E-state index contributed by atoms with van der Waals surface area (Å²) in [5, 5.41) is 2.83. The molecule has 4 rings (SSSR count). The number of benzene rings is 2. The van der Waals surface area contributed by atoms with E-state index >= 15 is 0 Å². The Hall–Kier alpha value is -3.21. The quantitative estimate of drug-likeness (QED) is 0.628. The average Bonchev–Trinajstić information content (AvgIpc) is 3.27. The minimum atomic E-state index is -0.168. The van der Waals surface area contributed by atoms with Crippen LogP contribution in [-0.4, -0.2) is 16.7 Å². The van der Waals surface area contributed by atoms with Crippen molar-refractivity contribution in [1.82, 2.24) is 4.98 Å². The van der Waals surface area contributed by atoms with E-state index < -0.39 is 0 Å². The molecule has 1 N–H and O–H groups in total. The van der Waals surface area contributed by atoms with Gasteiger partial charge >= 0.3 is 0 Å². The van der Waals surface area contributed by atoms with Crippen LogP contribution in [0.5, 0.6) is 0 Å². The van der Waals surface area contributed by atoms with Gasteiger partial charge in [-0.25, -0.2) is 4.98 Å². The number of hydrogen-bond donors (Lipinski definition) is 1. The first-order valence-electron chi connectivity index (χ1n) is 9.63. The Morgan fingerprint density at radius 2 is 1.75 bits per heavy atom. The van der Waals surface area contributed by atoms with Crippen LogP contribution in [0.15, 0.2) is 59.5 Å². The van der Waals surface area contributed by atoms with Crippen LogP contribution in [0.4, 0.5) is 5.69 Å². The molecule has 0 atom stereocenters. The number of amides is 1. The van der Waals surface area contributed by atoms with Crippen LogP contribution in [0.2, 0.25) is 0 Å². The van der Waals surface area contributed by atoms with Gasteiger partial charge in [0.05, 0.1) is 6.20 Å². The number of nitrogens with zero attached hydrogens (tertiary/aromatic N) is 1. The van der Waals surface area contributed by atoms with Crippen LogP contribution >= 0.6 is 0 Å². The molecule has 1 aliphatic rings. The zero-order valence-electron chi connectivity index (χ0n) is 15.6. The second kappa shape index (κ2) is 8.21. The number of hydrogen-bond acceptors (Lipinski definition) is 4. The maximum Gasteiger partial charge on any atom is 0.224 e. The Morgan fingerprint density at radius 3 is 2.50 bits per heavy atom. The summed E-state index contributed by atoms with van der Waals surface area (Å²) in [4.78, 5) is 28.6. The van der Waals surface area contributed by atoms with Gasteiger partial charge in [-0.1, -0.05) is 12.1 Å². The molecule has 1 heterocycles. The van der Waals surface area contributed by atoms with Gasteiger partial charge in [-0.15, -0.1) is 0 Å². The fraction of sp³-hybridized carbons (Fsp3) is 0.261. The molecule has 5 nitrogen and oxygen atoms in total. The summed E-state index contributed by atoms with van der Waals surface area (Å²) in [6.45, 7) is 0. The molecule has 0 fully saturated rings. The third kappa shape index (κ3) is 4.19. The number of carbonyl (C=O) groups is 2. The molecule has 1 amide bonds. The van der Waals surface area contributed by atoms with Crippen LogP contribution in [0.25, 0.3) is 11.3 Å². The molecule has 5 heteroatoms. The zero-order chi connectivity index (χ0) is 19.3. The molecule has 0 saturated carbocycles. The molecule has 0 radical (unpaired) electrons. The van der Waals surface area contributed by atoms with Gasteiger partial charge in [-0.3, -0.25) is 9.59 Å². The predicted molar refractivity (Wildman–Crippen MR) is 107 cm³/mol. The number of nitrogens with one attached hydrogen (secondary N) is 1. The lowest BCUT2D eigenvalue weighted by atomic mass is 9.89. The summed E-state index contributed by atoms with van der Waals surface area (Å²) in [6, 6.07) is 13.3. The highest BCUT2D eigenvalue weighted by molar-refractivity contribution is 6.00. The third-order valence-corrected chi connectivity index (χ3v) is 5.14. The van der Waals surface area contributed by atoms with Crippen molar-refractivity contribution in [3.05, 3.63) is 71.7 Å². The number of ketones is 1. The second-order valence-corrected chi connectivity index (χ2v) is 7.10. The smallest absolute Gasteiger partial charge is 0.224 e. The van der Waals surface area contributed by atoms with Gasteiger partial charge in [0.1, 0.15) is 0 Å². The monoisotopic (exact) mass is 374 g/mol. The van der Waals surface area contributed by atoms with E-state index in [-0.39, 0.29) is 24.5 Å². The zero-order valence-corrected chi connectivity index (χ0v) is 15.6. The van der Waals surface area contributed by atoms with Crippen LogP contribution in [0, 0.1) is 0 Å². The number of fused-ring (bicyclic) bond motifs is 1. The summed E-state index contributed by atoms with van der Waals surface area (Å²) in [7, 11) is 0. The number of anilines is 1. The number of oxazole rings is 1. The van der Waals surface area contributed by atoms with Gasteiger partial charge in [-0.05, 0) is 67.1 Å². The summed E-state index contributed by atoms with van der Waals surface area (Å²) in [5.74, 6) is 0.524. The Bertz CT molecular complexity index is 976. The van der Waals surface area contributed by atoms with Gasteiger partial charge in [0.2, 0.25) is 5.91 Å². The Balaban J connectivity index is 1.31. The first-order chi connectivity index (χ1) is 13.7. The van der Waals surface area contributed by atoms with Crippen LogP contribution in [0.3, 0.4) is 0 Å². The number of aryl methyl sites for hydroxylation is 2. The Labute approximate surface area is 163 Å². The predicted octanol–water partition coefficient (Wildman–Crippen LogP) is 4.82. The largest absolute Gasteiger partial charge is 0.444 e. The van der Waals surface area contributed by atoms with Crippen LogP contribution < -0.4 is 5.32 Å². The minimum absolute atomic E-state index is 0.0178. The van der Waals surface area contributed by atoms with E-state index in [0.717, 1.165) is 18.4 Å². The molecule has 0 saturated heterocycles.